The van der Waals surface area contributed by atoms with Crippen molar-refractivity contribution in [2.75, 3.05) is 53.2 Å². The average Bonchev–Trinajstić information content (AvgIpc) is 3.49. The van der Waals surface area contributed by atoms with E-state index < -0.39 is 6.04 Å². The Kier molecular flexibility index (Phi) is 8.10. The second-order valence-corrected chi connectivity index (χ2v) is 8.92. The Balaban J connectivity index is 1.31. The lowest BCUT2D eigenvalue weighted by Crippen LogP contribution is -2.55. The van der Waals surface area contributed by atoms with Crippen LogP contribution in [0.4, 0.5) is 4.79 Å². The summed E-state index contributed by atoms with van der Waals surface area (Å²) < 4.78 is 10.9. The molecule has 3 heterocycles. The highest BCUT2D eigenvalue weighted by molar-refractivity contribution is 6.00. The van der Waals surface area contributed by atoms with E-state index in [1.807, 2.05) is 17.0 Å². The molecule has 186 valence electrons. The molecular weight excluding hydrogens is 438 g/mol. The molecule has 0 radical (unpaired) electrons. The minimum Gasteiger partial charge on any atom is -0.454 e. The van der Waals surface area contributed by atoms with Gasteiger partial charge in [-0.2, -0.15) is 0 Å². The van der Waals surface area contributed by atoms with Gasteiger partial charge in [0.25, 0.3) is 0 Å². The number of rotatable bonds is 8. The van der Waals surface area contributed by atoms with E-state index in [1.165, 1.54) is 7.11 Å². The number of nitrogens with zero attached hydrogens (tertiary/aromatic N) is 4. The molecule has 1 aromatic rings. The Hall–Kier alpha value is -3.01. The van der Waals surface area contributed by atoms with Crippen LogP contribution in [0.25, 0.3) is 0 Å². The summed E-state index contributed by atoms with van der Waals surface area (Å²) >= 11 is 0. The molecule has 0 aliphatic carbocycles. The number of unbranched alkanes of at least 4 members (excludes halogenated alkanes) is 2. The van der Waals surface area contributed by atoms with E-state index in [4.69, 9.17) is 14.3 Å². The zero-order valence-electron chi connectivity index (χ0n) is 20.1. The lowest BCUT2D eigenvalue weighted by molar-refractivity contribution is -0.137. The van der Waals surface area contributed by atoms with Gasteiger partial charge in [-0.05, 0) is 24.1 Å². The minimum absolute atomic E-state index is 0.0206. The van der Waals surface area contributed by atoms with E-state index in [2.05, 4.69) is 28.4 Å². The largest absolute Gasteiger partial charge is 0.454 e. The number of ether oxygens (including phenoxy) is 2. The molecule has 0 aromatic heterocycles. The SMILES string of the molecule is CCCCCNC(=O)N1C/C(=N/OC)CC1C(=O)N1CCN(Cc2ccc3c(c2)OCO3)CC1. The van der Waals surface area contributed by atoms with Crippen molar-refractivity contribution < 1.29 is 23.9 Å². The molecule has 4 rings (SSSR count). The fourth-order valence-electron chi connectivity index (χ4n) is 4.64. The third kappa shape index (κ3) is 5.72. The Morgan fingerprint density at radius 2 is 1.94 bits per heavy atom. The molecule has 2 fully saturated rings. The number of carbonyl (C=O) groups is 2. The van der Waals surface area contributed by atoms with Crippen LogP contribution in [0.5, 0.6) is 11.5 Å². The standard InChI is InChI=1S/C24H35N5O5/c1-3-4-5-8-25-24(31)29-16-19(26-32-2)14-20(29)23(30)28-11-9-27(10-12-28)15-18-6-7-21-22(13-18)34-17-33-21/h6-7,13,20H,3-5,8-12,14-17H2,1-2H3,(H,25,31)/b26-19+. The molecule has 1 unspecified atom stereocenters. The molecule has 1 N–H and O–H groups in total. The summed E-state index contributed by atoms with van der Waals surface area (Å²) in [6.45, 7) is 6.91. The molecule has 1 atom stereocenters. The molecule has 3 aliphatic rings. The maximum atomic E-state index is 13.4. The number of benzene rings is 1. The highest BCUT2D eigenvalue weighted by atomic mass is 16.7. The zero-order valence-corrected chi connectivity index (χ0v) is 20.1. The van der Waals surface area contributed by atoms with E-state index in [0.29, 0.717) is 38.3 Å². The first-order chi connectivity index (χ1) is 16.6. The monoisotopic (exact) mass is 473 g/mol. The molecular formula is C24H35N5O5. The summed E-state index contributed by atoms with van der Waals surface area (Å²) in [5, 5.41) is 6.98. The van der Waals surface area contributed by atoms with Gasteiger partial charge in [-0.3, -0.25) is 9.69 Å². The van der Waals surface area contributed by atoms with Crippen LogP contribution in [0.1, 0.15) is 38.2 Å². The molecule has 0 spiro atoms. The van der Waals surface area contributed by atoms with Crippen LogP contribution in [-0.4, -0.2) is 91.6 Å². The second-order valence-electron chi connectivity index (χ2n) is 8.92. The maximum absolute atomic E-state index is 13.4. The molecule has 0 saturated carbocycles. The van der Waals surface area contributed by atoms with E-state index in [1.54, 1.807) is 4.90 Å². The van der Waals surface area contributed by atoms with Gasteiger partial charge in [0, 0.05) is 45.7 Å². The second kappa shape index (κ2) is 11.4. The van der Waals surface area contributed by atoms with Crippen LogP contribution in [0.2, 0.25) is 0 Å². The molecule has 10 heteroatoms. The first-order valence-corrected chi connectivity index (χ1v) is 12.1. The summed E-state index contributed by atoms with van der Waals surface area (Å²) in [5.74, 6) is 1.55. The zero-order chi connectivity index (χ0) is 23.9. The van der Waals surface area contributed by atoms with Gasteiger partial charge in [-0.1, -0.05) is 31.0 Å². The highest BCUT2D eigenvalue weighted by Gasteiger charge is 2.40. The number of hydrogen-bond acceptors (Lipinski definition) is 7. The Morgan fingerprint density at radius 3 is 2.71 bits per heavy atom. The predicted molar refractivity (Wildman–Crippen MR) is 127 cm³/mol. The summed E-state index contributed by atoms with van der Waals surface area (Å²) in [6.07, 6.45) is 3.49. The third-order valence-corrected chi connectivity index (χ3v) is 6.51. The highest BCUT2D eigenvalue weighted by Crippen LogP contribution is 2.33. The molecule has 1 aromatic carbocycles. The van der Waals surface area contributed by atoms with Crippen molar-refractivity contribution in [3.8, 4) is 11.5 Å². The van der Waals surface area contributed by atoms with Gasteiger partial charge in [0.15, 0.2) is 11.5 Å². The Bertz CT molecular complexity index is 900. The van der Waals surface area contributed by atoms with Crippen LogP contribution in [0.15, 0.2) is 23.4 Å². The molecule has 0 bridgehead atoms. The van der Waals surface area contributed by atoms with Gasteiger partial charge >= 0.3 is 6.03 Å². The summed E-state index contributed by atoms with van der Waals surface area (Å²) in [6, 6.07) is 5.26. The number of nitrogens with one attached hydrogen (secondary N) is 1. The number of urea groups is 1. The van der Waals surface area contributed by atoms with Crippen LogP contribution in [0, 0.1) is 0 Å². The molecule has 2 saturated heterocycles. The van der Waals surface area contributed by atoms with Crippen LogP contribution >= 0.6 is 0 Å². The van der Waals surface area contributed by atoms with Gasteiger partial charge in [-0.15, -0.1) is 0 Å². The summed E-state index contributed by atoms with van der Waals surface area (Å²) in [4.78, 5) is 36.9. The minimum atomic E-state index is -0.541. The number of carbonyl (C=O) groups excluding carboxylic acids is 2. The lowest BCUT2D eigenvalue weighted by atomic mass is 10.1. The lowest BCUT2D eigenvalue weighted by Gasteiger charge is -2.37. The fourth-order valence-corrected chi connectivity index (χ4v) is 4.64. The maximum Gasteiger partial charge on any atom is 0.318 e. The number of amides is 3. The topological polar surface area (TPSA) is 95.9 Å². The number of oxime groups is 1. The quantitative estimate of drug-likeness (QED) is 0.459. The van der Waals surface area contributed by atoms with Crippen LogP contribution in [-0.2, 0) is 16.2 Å². The number of fused-ring (bicyclic) bond motifs is 1. The van der Waals surface area contributed by atoms with Crippen molar-refractivity contribution >= 4 is 17.6 Å². The van der Waals surface area contributed by atoms with Gasteiger partial charge < -0.3 is 29.4 Å². The van der Waals surface area contributed by atoms with E-state index in [9.17, 15) is 9.59 Å². The molecule has 3 aliphatic heterocycles. The van der Waals surface area contributed by atoms with Crippen LogP contribution in [0.3, 0.4) is 0 Å². The van der Waals surface area contributed by atoms with E-state index in [-0.39, 0.29) is 18.7 Å². The molecule has 34 heavy (non-hydrogen) atoms. The van der Waals surface area contributed by atoms with Crippen molar-refractivity contribution in [2.45, 2.75) is 45.2 Å². The number of piperazine rings is 1. The summed E-state index contributed by atoms with van der Waals surface area (Å²) in [7, 11) is 1.48. The van der Waals surface area contributed by atoms with Crippen molar-refractivity contribution in [3.05, 3.63) is 23.8 Å². The van der Waals surface area contributed by atoms with Gasteiger partial charge in [0.1, 0.15) is 13.2 Å². The van der Waals surface area contributed by atoms with E-state index >= 15 is 0 Å². The molecule has 3 amide bonds. The average molecular weight is 474 g/mol. The first kappa shape index (κ1) is 24.1. The Morgan fingerprint density at radius 1 is 1.15 bits per heavy atom. The predicted octanol–water partition coefficient (Wildman–Crippen LogP) is 2.04. The van der Waals surface area contributed by atoms with E-state index in [0.717, 1.165) is 56.0 Å². The van der Waals surface area contributed by atoms with Crippen molar-refractivity contribution in [3.63, 3.8) is 0 Å². The van der Waals surface area contributed by atoms with Gasteiger partial charge in [-0.25, -0.2) is 4.79 Å². The van der Waals surface area contributed by atoms with Crippen LogP contribution < -0.4 is 14.8 Å². The Labute approximate surface area is 200 Å². The number of likely N-dealkylation sites (tertiary alicyclic amines) is 1. The van der Waals surface area contributed by atoms with Crippen molar-refractivity contribution in [1.29, 1.82) is 0 Å². The molecule has 10 nitrogen and oxygen atoms in total. The van der Waals surface area contributed by atoms with Gasteiger partial charge in [0.2, 0.25) is 12.7 Å². The van der Waals surface area contributed by atoms with Crippen molar-refractivity contribution in [2.24, 2.45) is 5.16 Å². The van der Waals surface area contributed by atoms with Crippen molar-refractivity contribution in [1.82, 2.24) is 20.0 Å². The summed E-state index contributed by atoms with van der Waals surface area (Å²) in [5.41, 5.74) is 1.87. The normalized spacial score (nSPS) is 21.2. The smallest absolute Gasteiger partial charge is 0.318 e. The van der Waals surface area contributed by atoms with Gasteiger partial charge in [0.05, 0.1) is 12.3 Å². The third-order valence-electron chi connectivity index (χ3n) is 6.51. The first-order valence-electron chi connectivity index (χ1n) is 12.1. The number of hydrogen-bond donors (Lipinski definition) is 1. The fraction of sp³-hybridized carbons (Fsp3) is 0.625.